The van der Waals surface area contributed by atoms with E-state index in [2.05, 4.69) is 54.3 Å². The monoisotopic (exact) mass is 440 g/mol. The number of fused-ring (bicyclic) bond motifs is 4. The van der Waals surface area contributed by atoms with Gasteiger partial charge in [-0.25, -0.2) is 4.98 Å². The minimum atomic E-state index is -0.217. The van der Waals surface area contributed by atoms with Crippen LogP contribution in [0.5, 0.6) is 17.4 Å². The molecule has 6 nitrogen and oxygen atoms in total. The van der Waals surface area contributed by atoms with Gasteiger partial charge in [0.1, 0.15) is 23.3 Å². The van der Waals surface area contributed by atoms with E-state index >= 15 is 0 Å². The Hall–Kier alpha value is -3.64. The van der Waals surface area contributed by atoms with Crippen LogP contribution in [0.4, 0.5) is 0 Å². The number of rotatable bonds is 6. The van der Waals surface area contributed by atoms with Crippen molar-refractivity contribution in [2.45, 2.75) is 18.9 Å². The number of nitrogens with zero attached hydrogens (tertiary/aromatic N) is 3. The number of aryl methyl sites for hydroxylation is 1. The number of aromatic nitrogens is 2. The molecular formula is C27H28N4O2. The summed E-state index contributed by atoms with van der Waals surface area (Å²) in [6, 6.07) is 20.5. The number of hydrogen-bond acceptors (Lipinski definition) is 5. The molecule has 4 aromatic rings. The highest BCUT2D eigenvalue weighted by Gasteiger charge is 2.34. The SMILES string of the molecule is COc1ccccc1C1c2ccc3ccccc3c2Oc2ncn(CCCN(C)C)c(=N)c21. The van der Waals surface area contributed by atoms with Crippen LogP contribution >= 0.6 is 0 Å². The Balaban J connectivity index is 1.73. The largest absolute Gasteiger partial charge is 0.496 e. The third-order valence-corrected chi connectivity index (χ3v) is 6.25. The van der Waals surface area contributed by atoms with Gasteiger partial charge in [-0.05, 0) is 38.5 Å². The average Bonchev–Trinajstić information content (AvgIpc) is 2.84. The van der Waals surface area contributed by atoms with Crippen molar-refractivity contribution in [1.29, 1.82) is 5.41 Å². The maximum atomic E-state index is 9.11. The fourth-order valence-corrected chi connectivity index (χ4v) is 4.65. The zero-order valence-electron chi connectivity index (χ0n) is 19.2. The zero-order chi connectivity index (χ0) is 22.9. The predicted molar refractivity (Wildman–Crippen MR) is 129 cm³/mol. The standard InChI is InChI=1S/C27H28N4O2/c1-30(2)15-8-16-31-17-29-27-24(26(31)28)23(20-11-6-7-12-22(20)32-3)21-14-13-18-9-4-5-10-19(18)25(21)33-27/h4-7,9-14,17,23,28H,8,15-16H2,1-3H3. The van der Waals surface area contributed by atoms with Gasteiger partial charge in [0, 0.05) is 23.1 Å². The molecule has 3 aromatic carbocycles. The lowest BCUT2D eigenvalue weighted by Crippen LogP contribution is -2.30. The number of hydrogen-bond donors (Lipinski definition) is 1. The molecule has 1 atom stereocenters. The Kier molecular flexibility index (Phi) is 5.60. The molecule has 1 aromatic heterocycles. The summed E-state index contributed by atoms with van der Waals surface area (Å²) >= 11 is 0. The van der Waals surface area contributed by atoms with Crippen LogP contribution in [-0.4, -0.2) is 42.2 Å². The van der Waals surface area contributed by atoms with E-state index in [1.165, 1.54) is 0 Å². The Morgan fingerprint density at radius 1 is 1.03 bits per heavy atom. The molecule has 1 unspecified atom stereocenters. The number of nitrogens with one attached hydrogen (secondary N) is 1. The molecule has 1 aliphatic rings. The highest BCUT2D eigenvalue weighted by molar-refractivity contribution is 5.91. The average molecular weight is 441 g/mol. The normalized spacial score (nSPS) is 14.6. The van der Waals surface area contributed by atoms with Crippen molar-refractivity contribution in [3.63, 3.8) is 0 Å². The van der Waals surface area contributed by atoms with Gasteiger partial charge < -0.3 is 18.9 Å². The van der Waals surface area contributed by atoms with Crippen LogP contribution in [0, 0.1) is 5.41 Å². The van der Waals surface area contributed by atoms with Gasteiger partial charge in [0.05, 0.1) is 18.6 Å². The summed E-state index contributed by atoms with van der Waals surface area (Å²) in [6.45, 7) is 1.67. The first-order valence-electron chi connectivity index (χ1n) is 11.2. The van der Waals surface area contributed by atoms with Gasteiger partial charge in [0.25, 0.3) is 0 Å². The first kappa shape index (κ1) is 21.2. The fraction of sp³-hybridized carbons (Fsp3) is 0.259. The second kappa shape index (κ2) is 8.71. The summed E-state index contributed by atoms with van der Waals surface area (Å²) < 4.78 is 14.1. The highest BCUT2D eigenvalue weighted by Crippen LogP contribution is 2.49. The quantitative estimate of drug-likeness (QED) is 0.413. The third-order valence-electron chi connectivity index (χ3n) is 6.25. The van der Waals surface area contributed by atoms with E-state index in [0.29, 0.717) is 11.4 Å². The molecule has 0 fully saturated rings. The summed E-state index contributed by atoms with van der Waals surface area (Å²) in [5.41, 5.74) is 3.22. The minimum Gasteiger partial charge on any atom is -0.496 e. The Bertz CT molecular complexity index is 1380. The number of ether oxygens (including phenoxy) is 2. The molecule has 0 aliphatic carbocycles. The van der Waals surface area contributed by atoms with Crippen LogP contribution in [0.15, 0.2) is 67.0 Å². The summed E-state index contributed by atoms with van der Waals surface area (Å²) in [7, 11) is 5.81. The molecule has 0 saturated heterocycles. The fourth-order valence-electron chi connectivity index (χ4n) is 4.65. The van der Waals surface area contributed by atoms with E-state index < -0.39 is 0 Å². The van der Waals surface area contributed by atoms with E-state index in [-0.39, 0.29) is 5.92 Å². The van der Waals surface area contributed by atoms with Crippen molar-refractivity contribution in [2.75, 3.05) is 27.7 Å². The van der Waals surface area contributed by atoms with Crippen molar-refractivity contribution >= 4 is 10.8 Å². The summed E-state index contributed by atoms with van der Waals surface area (Å²) in [4.78, 5) is 6.83. The molecule has 1 aliphatic heterocycles. The van der Waals surface area contributed by atoms with Gasteiger partial charge in [-0.2, -0.15) is 0 Å². The lowest BCUT2D eigenvalue weighted by Gasteiger charge is -2.30. The maximum Gasteiger partial charge on any atom is 0.228 e. The van der Waals surface area contributed by atoms with E-state index in [1.807, 2.05) is 34.9 Å². The van der Waals surface area contributed by atoms with Crippen LogP contribution in [-0.2, 0) is 6.54 Å². The van der Waals surface area contributed by atoms with E-state index in [1.54, 1.807) is 13.4 Å². The molecule has 2 heterocycles. The molecule has 0 radical (unpaired) electrons. The molecular weight excluding hydrogens is 412 g/mol. The predicted octanol–water partition coefficient (Wildman–Crippen LogP) is 4.76. The van der Waals surface area contributed by atoms with E-state index in [9.17, 15) is 0 Å². The molecule has 168 valence electrons. The van der Waals surface area contributed by atoms with Crippen molar-refractivity contribution < 1.29 is 9.47 Å². The van der Waals surface area contributed by atoms with Gasteiger partial charge in [0.15, 0.2) is 0 Å². The van der Waals surface area contributed by atoms with Crippen LogP contribution in [0.2, 0.25) is 0 Å². The smallest absolute Gasteiger partial charge is 0.228 e. The zero-order valence-corrected chi connectivity index (χ0v) is 19.2. The van der Waals surface area contributed by atoms with Crippen LogP contribution in [0.1, 0.15) is 29.0 Å². The number of para-hydroxylation sites is 1. The maximum absolute atomic E-state index is 9.11. The van der Waals surface area contributed by atoms with Gasteiger partial charge in [-0.15, -0.1) is 0 Å². The molecule has 1 N–H and O–H groups in total. The molecule has 0 bridgehead atoms. The summed E-state index contributed by atoms with van der Waals surface area (Å²) in [5.74, 6) is 1.86. The van der Waals surface area contributed by atoms with Crippen LogP contribution < -0.4 is 15.0 Å². The van der Waals surface area contributed by atoms with Gasteiger partial charge >= 0.3 is 0 Å². The third kappa shape index (κ3) is 3.76. The van der Waals surface area contributed by atoms with Gasteiger partial charge in [-0.1, -0.05) is 54.6 Å². The Morgan fingerprint density at radius 2 is 1.82 bits per heavy atom. The topological polar surface area (TPSA) is 63.4 Å². The van der Waals surface area contributed by atoms with Crippen molar-refractivity contribution in [1.82, 2.24) is 14.5 Å². The molecule has 5 rings (SSSR count). The molecule has 33 heavy (non-hydrogen) atoms. The molecule has 0 amide bonds. The molecule has 0 saturated carbocycles. The summed E-state index contributed by atoms with van der Waals surface area (Å²) in [5, 5.41) is 11.3. The lowest BCUT2D eigenvalue weighted by atomic mass is 9.82. The first-order valence-corrected chi connectivity index (χ1v) is 11.2. The highest BCUT2D eigenvalue weighted by atomic mass is 16.5. The van der Waals surface area contributed by atoms with Crippen LogP contribution in [0.25, 0.3) is 10.8 Å². The second-order valence-corrected chi connectivity index (χ2v) is 8.64. The number of benzene rings is 3. The Morgan fingerprint density at radius 3 is 2.64 bits per heavy atom. The lowest BCUT2D eigenvalue weighted by molar-refractivity contribution is 0.378. The van der Waals surface area contributed by atoms with Crippen molar-refractivity contribution in [2.24, 2.45) is 0 Å². The summed E-state index contributed by atoms with van der Waals surface area (Å²) in [6.07, 6.45) is 2.66. The van der Waals surface area contributed by atoms with Crippen molar-refractivity contribution in [3.05, 3.63) is 89.2 Å². The van der Waals surface area contributed by atoms with Gasteiger partial charge in [0.2, 0.25) is 5.88 Å². The minimum absolute atomic E-state index is 0.217. The van der Waals surface area contributed by atoms with Crippen LogP contribution in [0.3, 0.4) is 0 Å². The number of methoxy groups -OCH3 is 1. The first-order chi connectivity index (χ1) is 16.1. The van der Waals surface area contributed by atoms with Gasteiger partial charge in [-0.3, -0.25) is 5.41 Å². The molecule has 6 heteroatoms. The van der Waals surface area contributed by atoms with E-state index in [0.717, 1.165) is 58.5 Å². The second-order valence-electron chi connectivity index (χ2n) is 8.64. The Labute approximate surface area is 193 Å². The van der Waals surface area contributed by atoms with Crippen molar-refractivity contribution in [3.8, 4) is 17.4 Å². The van der Waals surface area contributed by atoms with E-state index in [4.69, 9.17) is 14.9 Å². The molecule has 0 spiro atoms.